The molecule has 0 heterocycles. The first-order valence-corrected chi connectivity index (χ1v) is 8.41. The number of carbonyl (C=O) groups is 1. The minimum Gasteiger partial charge on any atom is -0.300 e. The summed E-state index contributed by atoms with van der Waals surface area (Å²) < 4.78 is 0. The van der Waals surface area contributed by atoms with E-state index in [2.05, 4.69) is 19.1 Å². The van der Waals surface area contributed by atoms with E-state index in [1.165, 1.54) is 70.6 Å². The maximum absolute atomic E-state index is 10.7. The minimum atomic E-state index is 0.295. The standard InChI is InChI=1S/C18H34O/c1-3-4-5-6-7-8-9-10-11-12-13-14-15-16-17-18(2)19/h14-15H,3-13,16-17H2,1-2H3/b15-14+. The summed E-state index contributed by atoms with van der Waals surface area (Å²) in [6.07, 6.45) is 21.2. The lowest BCUT2D eigenvalue weighted by atomic mass is 10.1. The molecule has 0 aromatic carbocycles. The quantitative estimate of drug-likeness (QED) is 0.269. The third-order valence-electron chi connectivity index (χ3n) is 3.55. The lowest BCUT2D eigenvalue weighted by Gasteiger charge is -2.01. The van der Waals surface area contributed by atoms with Crippen molar-refractivity contribution < 1.29 is 4.79 Å². The van der Waals surface area contributed by atoms with Crippen LogP contribution in [0.5, 0.6) is 0 Å². The number of allylic oxidation sites excluding steroid dienone is 2. The van der Waals surface area contributed by atoms with Crippen LogP contribution < -0.4 is 0 Å². The van der Waals surface area contributed by atoms with E-state index in [-0.39, 0.29) is 0 Å². The van der Waals surface area contributed by atoms with Crippen LogP contribution in [0.4, 0.5) is 0 Å². The van der Waals surface area contributed by atoms with Crippen LogP contribution in [0, 0.1) is 0 Å². The zero-order chi connectivity index (χ0) is 14.2. The van der Waals surface area contributed by atoms with Crippen LogP contribution in [-0.2, 0) is 4.79 Å². The first-order chi connectivity index (χ1) is 9.27. The Morgan fingerprint density at radius 1 is 0.737 bits per heavy atom. The van der Waals surface area contributed by atoms with Gasteiger partial charge in [-0.2, -0.15) is 0 Å². The Hall–Kier alpha value is -0.590. The molecule has 0 aromatic rings. The molecule has 0 atom stereocenters. The molecule has 112 valence electrons. The third kappa shape index (κ3) is 17.4. The summed E-state index contributed by atoms with van der Waals surface area (Å²) in [6.45, 7) is 3.94. The Bertz CT molecular complexity index is 218. The van der Waals surface area contributed by atoms with E-state index < -0.39 is 0 Å². The van der Waals surface area contributed by atoms with Crippen LogP contribution in [0.25, 0.3) is 0 Å². The summed E-state index contributed by atoms with van der Waals surface area (Å²) in [5, 5.41) is 0. The van der Waals surface area contributed by atoms with Gasteiger partial charge in [0, 0.05) is 6.42 Å². The molecule has 0 aromatic heterocycles. The molecule has 19 heavy (non-hydrogen) atoms. The minimum absolute atomic E-state index is 0.295. The molecule has 0 aliphatic carbocycles. The largest absolute Gasteiger partial charge is 0.300 e. The highest BCUT2D eigenvalue weighted by molar-refractivity contribution is 5.75. The van der Waals surface area contributed by atoms with Gasteiger partial charge in [-0.1, -0.05) is 76.9 Å². The summed E-state index contributed by atoms with van der Waals surface area (Å²) in [4.78, 5) is 10.7. The highest BCUT2D eigenvalue weighted by Gasteiger charge is 1.92. The molecule has 0 radical (unpaired) electrons. The second-order valence-corrected chi connectivity index (χ2v) is 5.68. The molecule has 0 spiro atoms. The average molecular weight is 266 g/mol. The Labute approximate surface area is 120 Å². The summed E-state index contributed by atoms with van der Waals surface area (Å²) in [6, 6.07) is 0. The normalized spacial score (nSPS) is 11.3. The molecule has 1 heteroatoms. The zero-order valence-corrected chi connectivity index (χ0v) is 13.3. The van der Waals surface area contributed by atoms with E-state index in [0.29, 0.717) is 12.2 Å². The van der Waals surface area contributed by atoms with Crippen LogP contribution >= 0.6 is 0 Å². The van der Waals surface area contributed by atoms with Crippen LogP contribution in [0.3, 0.4) is 0 Å². The van der Waals surface area contributed by atoms with Gasteiger partial charge in [-0.05, 0) is 26.2 Å². The van der Waals surface area contributed by atoms with Gasteiger partial charge in [-0.3, -0.25) is 0 Å². The fraction of sp³-hybridized carbons (Fsp3) is 0.833. The van der Waals surface area contributed by atoms with Gasteiger partial charge in [0.05, 0.1) is 0 Å². The summed E-state index contributed by atoms with van der Waals surface area (Å²) in [5.41, 5.74) is 0. The van der Waals surface area contributed by atoms with Gasteiger partial charge in [0.2, 0.25) is 0 Å². The van der Waals surface area contributed by atoms with Crippen LogP contribution in [0.1, 0.15) is 97.3 Å². The Morgan fingerprint density at radius 2 is 1.21 bits per heavy atom. The average Bonchev–Trinajstić information content (AvgIpc) is 2.39. The number of hydrogen-bond acceptors (Lipinski definition) is 1. The molecular weight excluding hydrogens is 232 g/mol. The van der Waals surface area contributed by atoms with Gasteiger partial charge >= 0.3 is 0 Å². The van der Waals surface area contributed by atoms with E-state index >= 15 is 0 Å². The van der Waals surface area contributed by atoms with Gasteiger partial charge in [0.25, 0.3) is 0 Å². The number of unbranched alkanes of at least 4 members (excludes halogenated alkanes) is 10. The van der Waals surface area contributed by atoms with E-state index in [4.69, 9.17) is 0 Å². The Balaban J connectivity index is 3.04. The number of ketones is 1. The number of carbonyl (C=O) groups excluding carboxylic acids is 1. The van der Waals surface area contributed by atoms with E-state index in [1.54, 1.807) is 6.92 Å². The topological polar surface area (TPSA) is 17.1 Å². The van der Waals surface area contributed by atoms with Gasteiger partial charge < -0.3 is 4.79 Å². The zero-order valence-electron chi connectivity index (χ0n) is 13.3. The van der Waals surface area contributed by atoms with E-state index in [1.807, 2.05) is 0 Å². The molecule has 0 saturated heterocycles. The van der Waals surface area contributed by atoms with Crippen molar-refractivity contribution in [2.24, 2.45) is 0 Å². The predicted octanol–water partition coefficient (Wildman–Crippen LogP) is 6.22. The summed E-state index contributed by atoms with van der Waals surface area (Å²) in [7, 11) is 0. The SMILES string of the molecule is CCCCCCCCCCCC/C=C/CCC(C)=O. The Morgan fingerprint density at radius 3 is 1.74 bits per heavy atom. The fourth-order valence-corrected chi connectivity index (χ4v) is 2.27. The second-order valence-electron chi connectivity index (χ2n) is 5.68. The smallest absolute Gasteiger partial charge is 0.130 e. The summed E-state index contributed by atoms with van der Waals surface area (Å²) in [5.74, 6) is 0.295. The molecule has 0 rings (SSSR count). The predicted molar refractivity (Wildman–Crippen MR) is 85.5 cm³/mol. The maximum atomic E-state index is 10.7. The number of rotatable bonds is 14. The monoisotopic (exact) mass is 266 g/mol. The molecule has 0 aliphatic heterocycles. The lowest BCUT2D eigenvalue weighted by Crippen LogP contribution is -1.86. The first-order valence-electron chi connectivity index (χ1n) is 8.41. The highest BCUT2D eigenvalue weighted by atomic mass is 16.1. The van der Waals surface area contributed by atoms with Crippen molar-refractivity contribution in [3.8, 4) is 0 Å². The van der Waals surface area contributed by atoms with Crippen LogP contribution in [-0.4, -0.2) is 5.78 Å². The van der Waals surface area contributed by atoms with Crippen molar-refractivity contribution in [3.63, 3.8) is 0 Å². The second kappa shape index (κ2) is 15.5. The molecule has 0 amide bonds. The molecule has 0 aliphatic rings. The molecule has 0 fully saturated rings. The Kier molecular flexibility index (Phi) is 15.0. The van der Waals surface area contributed by atoms with Gasteiger partial charge in [0.1, 0.15) is 5.78 Å². The number of Topliss-reactive ketones (excluding diaryl/α,β-unsaturated/α-hetero) is 1. The molecule has 0 saturated carbocycles. The molecule has 0 bridgehead atoms. The lowest BCUT2D eigenvalue weighted by molar-refractivity contribution is -0.116. The molecule has 0 unspecified atom stereocenters. The van der Waals surface area contributed by atoms with Crippen LogP contribution in [0.15, 0.2) is 12.2 Å². The van der Waals surface area contributed by atoms with Crippen molar-refractivity contribution in [2.45, 2.75) is 97.3 Å². The van der Waals surface area contributed by atoms with E-state index in [0.717, 1.165) is 6.42 Å². The highest BCUT2D eigenvalue weighted by Crippen LogP contribution is 2.11. The van der Waals surface area contributed by atoms with Crippen molar-refractivity contribution in [3.05, 3.63) is 12.2 Å². The van der Waals surface area contributed by atoms with Crippen LogP contribution in [0.2, 0.25) is 0 Å². The number of hydrogen-bond donors (Lipinski definition) is 0. The van der Waals surface area contributed by atoms with Crippen molar-refractivity contribution in [1.82, 2.24) is 0 Å². The van der Waals surface area contributed by atoms with E-state index in [9.17, 15) is 4.79 Å². The van der Waals surface area contributed by atoms with Crippen molar-refractivity contribution >= 4 is 5.78 Å². The molecule has 1 nitrogen and oxygen atoms in total. The fourth-order valence-electron chi connectivity index (χ4n) is 2.27. The van der Waals surface area contributed by atoms with Crippen molar-refractivity contribution in [2.75, 3.05) is 0 Å². The van der Waals surface area contributed by atoms with Gasteiger partial charge in [-0.15, -0.1) is 0 Å². The molecule has 0 N–H and O–H groups in total. The summed E-state index contributed by atoms with van der Waals surface area (Å²) >= 11 is 0. The van der Waals surface area contributed by atoms with Gasteiger partial charge in [-0.25, -0.2) is 0 Å². The third-order valence-corrected chi connectivity index (χ3v) is 3.55. The van der Waals surface area contributed by atoms with Crippen molar-refractivity contribution in [1.29, 1.82) is 0 Å². The first kappa shape index (κ1) is 18.4. The molecular formula is C18H34O. The maximum Gasteiger partial charge on any atom is 0.130 e. The van der Waals surface area contributed by atoms with Gasteiger partial charge in [0.15, 0.2) is 0 Å².